The standard InChI is InChI=1S/C18H18ClN5O/c1-13(14-3-9-17(10-4-14)24-12-20-11-21-24)23(2)18(25)22-16-7-5-15(19)6-8-16/h3-13H,1-2H3,(H,22,25)/t13-/m0/s1. The average Bonchev–Trinajstić information content (AvgIpc) is 3.17. The van der Waals surface area contributed by atoms with Crippen molar-refractivity contribution >= 4 is 23.3 Å². The van der Waals surface area contributed by atoms with Crippen LogP contribution in [-0.4, -0.2) is 32.7 Å². The highest BCUT2D eigenvalue weighted by Crippen LogP contribution is 2.21. The molecule has 25 heavy (non-hydrogen) atoms. The van der Waals surface area contributed by atoms with Crippen LogP contribution in [-0.2, 0) is 0 Å². The van der Waals surface area contributed by atoms with Crippen LogP contribution in [0.2, 0.25) is 5.02 Å². The first kappa shape index (κ1) is 17.0. The van der Waals surface area contributed by atoms with Gasteiger partial charge in [0.25, 0.3) is 0 Å². The third-order valence-corrected chi connectivity index (χ3v) is 4.31. The monoisotopic (exact) mass is 355 g/mol. The molecule has 0 saturated carbocycles. The molecule has 0 unspecified atom stereocenters. The maximum Gasteiger partial charge on any atom is 0.322 e. The normalized spacial score (nSPS) is 11.8. The van der Waals surface area contributed by atoms with E-state index in [9.17, 15) is 4.79 Å². The number of urea groups is 1. The molecule has 2 amide bonds. The second kappa shape index (κ2) is 7.36. The Morgan fingerprint density at radius 2 is 1.84 bits per heavy atom. The molecule has 0 spiro atoms. The number of anilines is 1. The first-order valence-electron chi connectivity index (χ1n) is 7.79. The van der Waals surface area contributed by atoms with Gasteiger partial charge in [-0.3, -0.25) is 0 Å². The molecule has 0 radical (unpaired) electrons. The Morgan fingerprint density at radius 3 is 2.44 bits per heavy atom. The first-order chi connectivity index (χ1) is 12.0. The molecule has 2 aromatic carbocycles. The summed E-state index contributed by atoms with van der Waals surface area (Å²) in [5.74, 6) is 0. The summed E-state index contributed by atoms with van der Waals surface area (Å²) in [4.78, 5) is 18.0. The number of carbonyl (C=O) groups is 1. The molecule has 128 valence electrons. The third-order valence-electron chi connectivity index (χ3n) is 4.06. The summed E-state index contributed by atoms with van der Waals surface area (Å²) < 4.78 is 1.69. The SMILES string of the molecule is C[C@@H](c1ccc(-n2cncn2)cc1)N(C)C(=O)Nc1ccc(Cl)cc1. The summed E-state index contributed by atoms with van der Waals surface area (Å²) in [5.41, 5.74) is 2.65. The van der Waals surface area contributed by atoms with Gasteiger partial charge >= 0.3 is 6.03 Å². The van der Waals surface area contributed by atoms with E-state index >= 15 is 0 Å². The van der Waals surface area contributed by atoms with Crippen LogP contribution in [0.1, 0.15) is 18.5 Å². The molecule has 0 aliphatic carbocycles. The van der Waals surface area contributed by atoms with Gasteiger partial charge < -0.3 is 10.2 Å². The molecule has 3 aromatic rings. The predicted molar refractivity (Wildman–Crippen MR) is 98.0 cm³/mol. The van der Waals surface area contributed by atoms with Gasteiger partial charge in [0, 0.05) is 17.8 Å². The molecule has 1 aromatic heterocycles. The van der Waals surface area contributed by atoms with Gasteiger partial charge in [-0.05, 0) is 48.9 Å². The van der Waals surface area contributed by atoms with Crippen LogP contribution in [0, 0.1) is 0 Å². The fraction of sp³-hybridized carbons (Fsp3) is 0.167. The highest BCUT2D eigenvalue weighted by atomic mass is 35.5. The first-order valence-corrected chi connectivity index (χ1v) is 8.17. The number of nitrogens with zero attached hydrogens (tertiary/aromatic N) is 4. The zero-order chi connectivity index (χ0) is 17.8. The second-order valence-corrected chi connectivity index (χ2v) is 6.09. The van der Waals surface area contributed by atoms with Crippen LogP contribution in [0.4, 0.5) is 10.5 Å². The number of rotatable bonds is 4. The van der Waals surface area contributed by atoms with Crippen LogP contribution in [0.25, 0.3) is 5.69 Å². The van der Waals surface area contributed by atoms with Gasteiger partial charge in [-0.25, -0.2) is 14.5 Å². The Bertz CT molecular complexity index is 831. The summed E-state index contributed by atoms with van der Waals surface area (Å²) >= 11 is 5.86. The number of nitrogens with one attached hydrogen (secondary N) is 1. The van der Waals surface area contributed by atoms with Crippen LogP contribution < -0.4 is 5.32 Å². The quantitative estimate of drug-likeness (QED) is 0.764. The van der Waals surface area contributed by atoms with E-state index in [0.717, 1.165) is 11.3 Å². The van der Waals surface area contributed by atoms with Crippen molar-refractivity contribution in [3.05, 3.63) is 71.8 Å². The van der Waals surface area contributed by atoms with Crippen molar-refractivity contribution in [3.63, 3.8) is 0 Å². The Kier molecular flexibility index (Phi) is 5.00. The van der Waals surface area contributed by atoms with Gasteiger partial charge in [0.1, 0.15) is 12.7 Å². The summed E-state index contributed by atoms with van der Waals surface area (Å²) in [6.45, 7) is 1.98. The molecule has 0 fully saturated rings. The van der Waals surface area contributed by atoms with Crippen molar-refractivity contribution in [1.29, 1.82) is 0 Å². The van der Waals surface area contributed by atoms with Gasteiger partial charge in [0.05, 0.1) is 11.7 Å². The van der Waals surface area contributed by atoms with Gasteiger partial charge in [0.15, 0.2) is 0 Å². The molecular formula is C18H18ClN5O. The predicted octanol–water partition coefficient (Wildman–Crippen LogP) is 4.15. The van der Waals surface area contributed by atoms with Gasteiger partial charge in [-0.1, -0.05) is 23.7 Å². The highest BCUT2D eigenvalue weighted by Gasteiger charge is 2.17. The minimum atomic E-state index is -0.185. The van der Waals surface area contributed by atoms with E-state index < -0.39 is 0 Å². The van der Waals surface area contributed by atoms with Gasteiger partial charge in [-0.2, -0.15) is 5.10 Å². The number of hydrogen-bond acceptors (Lipinski definition) is 3. The molecule has 1 N–H and O–H groups in total. The fourth-order valence-corrected chi connectivity index (χ4v) is 2.52. The van der Waals surface area contributed by atoms with Crippen molar-refractivity contribution in [1.82, 2.24) is 19.7 Å². The smallest absolute Gasteiger partial charge is 0.321 e. The van der Waals surface area contributed by atoms with Crippen molar-refractivity contribution in [2.75, 3.05) is 12.4 Å². The van der Waals surface area contributed by atoms with E-state index in [0.29, 0.717) is 10.7 Å². The summed E-state index contributed by atoms with van der Waals surface area (Å²) in [6.07, 6.45) is 3.13. The molecular weight excluding hydrogens is 338 g/mol. The second-order valence-electron chi connectivity index (χ2n) is 5.66. The number of aromatic nitrogens is 3. The van der Waals surface area contributed by atoms with Crippen LogP contribution in [0.15, 0.2) is 61.2 Å². The van der Waals surface area contributed by atoms with Crippen molar-refractivity contribution in [3.8, 4) is 5.69 Å². The molecule has 0 aliphatic heterocycles. The van der Waals surface area contributed by atoms with Crippen LogP contribution in [0.3, 0.4) is 0 Å². The largest absolute Gasteiger partial charge is 0.322 e. The van der Waals surface area contributed by atoms with E-state index in [4.69, 9.17) is 11.6 Å². The van der Waals surface area contributed by atoms with Crippen molar-refractivity contribution < 1.29 is 4.79 Å². The van der Waals surface area contributed by atoms with E-state index in [1.165, 1.54) is 6.33 Å². The van der Waals surface area contributed by atoms with Crippen molar-refractivity contribution in [2.45, 2.75) is 13.0 Å². The maximum atomic E-state index is 12.4. The van der Waals surface area contributed by atoms with E-state index in [1.54, 1.807) is 47.2 Å². The molecule has 0 saturated heterocycles. The molecule has 7 heteroatoms. The molecule has 0 aliphatic rings. The lowest BCUT2D eigenvalue weighted by atomic mass is 10.1. The molecule has 3 rings (SSSR count). The van der Waals surface area contributed by atoms with Gasteiger partial charge in [0.2, 0.25) is 0 Å². The van der Waals surface area contributed by atoms with E-state index in [-0.39, 0.29) is 12.1 Å². The summed E-state index contributed by atoms with van der Waals surface area (Å²) in [5, 5.41) is 7.59. The topological polar surface area (TPSA) is 63.1 Å². The molecule has 0 bridgehead atoms. The average molecular weight is 356 g/mol. The lowest BCUT2D eigenvalue weighted by Crippen LogP contribution is -2.33. The Morgan fingerprint density at radius 1 is 1.16 bits per heavy atom. The minimum absolute atomic E-state index is 0.0860. The summed E-state index contributed by atoms with van der Waals surface area (Å²) in [6, 6.07) is 14.6. The molecule has 1 heterocycles. The lowest BCUT2D eigenvalue weighted by Gasteiger charge is -2.25. The lowest BCUT2D eigenvalue weighted by molar-refractivity contribution is 0.208. The Balaban J connectivity index is 1.67. The number of amides is 2. The van der Waals surface area contributed by atoms with E-state index in [1.807, 2.05) is 31.2 Å². The maximum absolute atomic E-state index is 12.4. The van der Waals surface area contributed by atoms with Crippen LogP contribution >= 0.6 is 11.6 Å². The number of hydrogen-bond donors (Lipinski definition) is 1. The third kappa shape index (κ3) is 3.97. The minimum Gasteiger partial charge on any atom is -0.321 e. The number of carbonyl (C=O) groups excluding carboxylic acids is 1. The zero-order valence-electron chi connectivity index (χ0n) is 13.9. The Labute approximate surface area is 151 Å². The molecule has 1 atom stereocenters. The van der Waals surface area contributed by atoms with Crippen molar-refractivity contribution in [2.24, 2.45) is 0 Å². The van der Waals surface area contributed by atoms with Gasteiger partial charge in [-0.15, -0.1) is 0 Å². The fourth-order valence-electron chi connectivity index (χ4n) is 2.39. The van der Waals surface area contributed by atoms with Crippen LogP contribution in [0.5, 0.6) is 0 Å². The number of benzene rings is 2. The summed E-state index contributed by atoms with van der Waals surface area (Å²) in [7, 11) is 1.77. The number of halogens is 1. The zero-order valence-corrected chi connectivity index (χ0v) is 14.7. The van der Waals surface area contributed by atoms with E-state index in [2.05, 4.69) is 15.4 Å². The highest BCUT2D eigenvalue weighted by molar-refractivity contribution is 6.30. The Hall–Kier alpha value is -2.86. The molecule has 6 nitrogen and oxygen atoms in total.